The maximum absolute atomic E-state index is 13.2. The van der Waals surface area contributed by atoms with Crippen LogP contribution in [0.4, 0.5) is 4.39 Å². The quantitative estimate of drug-likeness (QED) is 0.907. The summed E-state index contributed by atoms with van der Waals surface area (Å²) in [5, 5.41) is 0. The van der Waals surface area contributed by atoms with Gasteiger partial charge < -0.3 is 10.6 Å². The van der Waals surface area contributed by atoms with Crippen LogP contribution < -0.4 is 5.73 Å². The third-order valence-electron chi connectivity index (χ3n) is 3.84. The number of carbonyl (C=O) groups excluding carboxylic acids is 1. The molecular weight excluding hydrogens is 243 g/mol. The largest absolute Gasteiger partial charge is 0.338 e. The van der Waals surface area contributed by atoms with Gasteiger partial charge in [0.05, 0.1) is 5.92 Å². The van der Waals surface area contributed by atoms with Gasteiger partial charge in [0.2, 0.25) is 5.91 Å². The van der Waals surface area contributed by atoms with E-state index in [4.69, 9.17) is 5.73 Å². The summed E-state index contributed by atoms with van der Waals surface area (Å²) in [5.74, 6) is -0.219. The Balaban J connectivity index is 2.05. The molecule has 0 heterocycles. The van der Waals surface area contributed by atoms with Gasteiger partial charge in [-0.05, 0) is 37.5 Å². The molecule has 0 spiro atoms. The van der Waals surface area contributed by atoms with Crippen molar-refractivity contribution in [2.24, 2.45) is 11.7 Å². The fourth-order valence-electron chi connectivity index (χ4n) is 2.73. The van der Waals surface area contributed by atoms with Gasteiger partial charge in [-0.25, -0.2) is 4.39 Å². The minimum Gasteiger partial charge on any atom is -0.338 e. The van der Waals surface area contributed by atoms with E-state index in [1.807, 2.05) is 13.0 Å². The lowest BCUT2D eigenvalue weighted by atomic mass is 10.0. The number of nitrogens with two attached hydrogens (primary N) is 1. The van der Waals surface area contributed by atoms with Gasteiger partial charge in [0.15, 0.2) is 0 Å². The first kappa shape index (κ1) is 14.0. The zero-order valence-corrected chi connectivity index (χ0v) is 11.3. The van der Waals surface area contributed by atoms with Crippen molar-refractivity contribution in [1.29, 1.82) is 0 Å². The smallest absolute Gasteiger partial charge is 0.227 e. The zero-order chi connectivity index (χ0) is 13.8. The minimum atomic E-state index is -0.265. The van der Waals surface area contributed by atoms with Crippen LogP contribution in [0.3, 0.4) is 0 Å². The summed E-state index contributed by atoms with van der Waals surface area (Å²) in [6, 6.07) is 6.38. The van der Waals surface area contributed by atoms with Crippen molar-refractivity contribution in [2.75, 3.05) is 6.54 Å². The van der Waals surface area contributed by atoms with E-state index in [2.05, 4.69) is 0 Å². The second-order valence-electron chi connectivity index (χ2n) is 5.18. The molecule has 1 aromatic carbocycles. The highest BCUT2D eigenvalue weighted by Crippen LogP contribution is 2.26. The third-order valence-corrected chi connectivity index (χ3v) is 3.84. The molecule has 0 bridgehead atoms. The van der Waals surface area contributed by atoms with Gasteiger partial charge in [0.25, 0.3) is 0 Å². The predicted octanol–water partition coefficient (Wildman–Crippen LogP) is 2.30. The molecule has 1 saturated carbocycles. The molecule has 3 nitrogen and oxygen atoms in total. The van der Waals surface area contributed by atoms with Crippen molar-refractivity contribution in [3.8, 4) is 0 Å². The summed E-state index contributed by atoms with van der Waals surface area (Å²) in [5.41, 5.74) is 6.80. The fraction of sp³-hybridized carbons (Fsp3) is 0.533. The minimum absolute atomic E-state index is 0.0194. The molecule has 1 aliphatic rings. The van der Waals surface area contributed by atoms with Crippen molar-refractivity contribution in [2.45, 2.75) is 38.8 Å². The molecule has 2 atom stereocenters. The zero-order valence-electron chi connectivity index (χ0n) is 11.3. The number of benzene rings is 1. The molecule has 0 aliphatic heterocycles. The van der Waals surface area contributed by atoms with Crippen LogP contribution in [-0.4, -0.2) is 23.4 Å². The van der Waals surface area contributed by atoms with Crippen LogP contribution >= 0.6 is 0 Å². The monoisotopic (exact) mass is 264 g/mol. The standard InChI is InChI=1S/C15H21FN2O/c1-2-18(10-11-5-3-6-12(16)9-11)15(19)13-7-4-8-14(13)17/h3,5-6,9,13-14H,2,4,7-8,10,17H2,1H3/t13-,14+/m0/s1. The van der Waals surface area contributed by atoms with Crippen LogP contribution in [-0.2, 0) is 11.3 Å². The van der Waals surface area contributed by atoms with Crippen molar-refractivity contribution in [3.63, 3.8) is 0 Å². The van der Waals surface area contributed by atoms with Gasteiger partial charge >= 0.3 is 0 Å². The first-order valence-electron chi connectivity index (χ1n) is 6.90. The van der Waals surface area contributed by atoms with E-state index >= 15 is 0 Å². The maximum Gasteiger partial charge on any atom is 0.227 e. The normalized spacial score (nSPS) is 22.5. The summed E-state index contributed by atoms with van der Waals surface area (Å²) >= 11 is 0. The lowest BCUT2D eigenvalue weighted by Gasteiger charge is -2.26. The Kier molecular flexibility index (Phi) is 4.53. The highest BCUT2D eigenvalue weighted by atomic mass is 19.1. The molecule has 0 aromatic heterocycles. The summed E-state index contributed by atoms with van der Waals surface area (Å²) in [6.07, 6.45) is 2.82. The van der Waals surface area contributed by atoms with Gasteiger partial charge in [0, 0.05) is 19.1 Å². The summed E-state index contributed by atoms with van der Waals surface area (Å²) < 4.78 is 13.2. The first-order valence-corrected chi connectivity index (χ1v) is 6.90. The van der Waals surface area contributed by atoms with Gasteiger partial charge in [-0.1, -0.05) is 18.6 Å². The van der Waals surface area contributed by atoms with Crippen LogP contribution in [0.1, 0.15) is 31.7 Å². The molecule has 0 radical (unpaired) electrons. The molecule has 1 aromatic rings. The molecule has 4 heteroatoms. The Morgan fingerprint density at radius 3 is 2.84 bits per heavy atom. The maximum atomic E-state index is 13.2. The molecule has 0 unspecified atom stereocenters. The first-order chi connectivity index (χ1) is 9.11. The number of hydrogen-bond acceptors (Lipinski definition) is 2. The summed E-state index contributed by atoms with van der Waals surface area (Å²) in [7, 11) is 0. The van der Waals surface area contributed by atoms with E-state index in [1.54, 1.807) is 11.0 Å². The molecular formula is C15H21FN2O. The van der Waals surface area contributed by atoms with Gasteiger partial charge in [-0.2, -0.15) is 0 Å². The Morgan fingerprint density at radius 1 is 1.47 bits per heavy atom. The number of amides is 1. The van der Waals surface area contributed by atoms with Crippen LogP contribution in [0.15, 0.2) is 24.3 Å². The van der Waals surface area contributed by atoms with Crippen molar-refractivity contribution < 1.29 is 9.18 Å². The van der Waals surface area contributed by atoms with Gasteiger partial charge in [0.1, 0.15) is 5.82 Å². The van der Waals surface area contributed by atoms with E-state index in [1.165, 1.54) is 12.1 Å². The average molecular weight is 264 g/mol. The van der Waals surface area contributed by atoms with Crippen LogP contribution in [0.2, 0.25) is 0 Å². The van der Waals surface area contributed by atoms with E-state index in [9.17, 15) is 9.18 Å². The predicted molar refractivity (Wildman–Crippen MR) is 72.8 cm³/mol. The lowest BCUT2D eigenvalue weighted by molar-refractivity contribution is -0.136. The van der Waals surface area contributed by atoms with Crippen molar-refractivity contribution in [3.05, 3.63) is 35.6 Å². The van der Waals surface area contributed by atoms with E-state index in [0.717, 1.165) is 24.8 Å². The number of hydrogen-bond donors (Lipinski definition) is 1. The Morgan fingerprint density at radius 2 is 2.26 bits per heavy atom. The molecule has 1 fully saturated rings. The number of carbonyl (C=O) groups is 1. The Hall–Kier alpha value is -1.42. The molecule has 1 amide bonds. The second kappa shape index (κ2) is 6.15. The molecule has 2 rings (SSSR count). The van der Waals surface area contributed by atoms with E-state index < -0.39 is 0 Å². The second-order valence-corrected chi connectivity index (χ2v) is 5.18. The molecule has 19 heavy (non-hydrogen) atoms. The highest BCUT2D eigenvalue weighted by molar-refractivity contribution is 5.79. The number of rotatable bonds is 4. The number of nitrogens with zero attached hydrogens (tertiary/aromatic N) is 1. The SMILES string of the molecule is CCN(Cc1cccc(F)c1)C(=O)[C@H]1CCC[C@H]1N. The highest BCUT2D eigenvalue weighted by Gasteiger charge is 2.32. The van der Waals surface area contributed by atoms with Gasteiger partial charge in [-0.15, -0.1) is 0 Å². The molecule has 0 saturated heterocycles. The fourth-order valence-corrected chi connectivity index (χ4v) is 2.73. The summed E-state index contributed by atoms with van der Waals surface area (Å²) in [4.78, 5) is 14.2. The van der Waals surface area contributed by atoms with Gasteiger partial charge in [-0.3, -0.25) is 4.79 Å². The Bertz CT molecular complexity index is 450. The van der Waals surface area contributed by atoms with E-state index in [-0.39, 0.29) is 23.7 Å². The average Bonchev–Trinajstić information content (AvgIpc) is 2.81. The number of halogens is 1. The van der Waals surface area contributed by atoms with Crippen LogP contribution in [0.25, 0.3) is 0 Å². The van der Waals surface area contributed by atoms with Crippen molar-refractivity contribution >= 4 is 5.91 Å². The molecule has 2 N–H and O–H groups in total. The molecule has 1 aliphatic carbocycles. The van der Waals surface area contributed by atoms with Crippen molar-refractivity contribution in [1.82, 2.24) is 4.90 Å². The van der Waals surface area contributed by atoms with E-state index in [0.29, 0.717) is 13.1 Å². The topological polar surface area (TPSA) is 46.3 Å². The third kappa shape index (κ3) is 3.32. The van der Waals surface area contributed by atoms with Crippen LogP contribution in [0.5, 0.6) is 0 Å². The molecule has 104 valence electrons. The lowest BCUT2D eigenvalue weighted by Crippen LogP contribution is -2.41. The van der Waals surface area contributed by atoms with Crippen LogP contribution in [0, 0.1) is 11.7 Å². The Labute approximate surface area is 113 Å². The summed E-state index contributed by atoms with van der Waals surface area (Å²) in [6.45, 7) is 3.02.